The number of nitrogens with one attached hydrogen (secondary N) is 1. The van der Waals surface area contributed by atoms with Crippen molar-refractivity contribution in [3.05, 3.63) is 0 Å². The van der Waals surface area contributed by atoms with E-state index in [1.165, 1.54) is 0 Å². The predicted molar refractivity (Wildman–Crippen MR) is 68.4 cm³/mol. The van der Waals surface area contributed by atoms with Gasteiger partial charge >= 0.3 is 12.0 Å². The Morgan fingerprint density at radius 1 is 1.47 bits per heavy atom. The molecular weight excluding hydrogens is 250 g/mol. The van der Waals surface area contributed by atoms with Crippen LogP contribution in [0.15, 0.2) is 0 Å². The van der Waals surface area contributed by atoms with Crippen molar-refractivity contribution in [3.63, 3.8) is 0 Å². The molecule has 0 bridgehead atoms. The highest BCUT2D eigenvalue weighted by atomic mass is 16.4. The molecule has 2 unspecified atom stereocenters. The minimum absolute atomic E-state index is 0.0149. The molecule has 0 saturated carbocycles. The third-order valence-electron chi connectivity index (χ3n) is 3.38. The SMILES string of the molecule is CCC1CCCN1C(=O)NC(CCC(N)=O)C(=O)O. The Labute approximate surface area is 112 Å². The fourth-order valence-corrected chi connectivity index (χ4v) is 2.30. The second kappa shape index (κ2) is 6.96. The molecule has 0 aromatic heterocycles. The first-order valence-electron chi connectivity index (χ1n) is 6.54. The van der Waals surface area contributed by atoms with Gasteiger partial charge in [-0.25, -0.2) is 9.59 Å². The number of hydrogen-bond acceptors (Lipinski definition) is 3. The van der Waals surface area contributed by atoms with Crippen molar-refractivity contribution in [3.8, 4) is 0 Å². The molecule has 0 aliphatic carbocycles. The molecule has 0 spiro atoms. The Morgan fingerprint density at radius 3 is 2.68 bits per heavy atom. The van der Waals surface area contributed by atoms with Crippen LogP contribution in [0.25, 0.3) is 0 Å². The molecule has 7 nitrogen and oxygen atoms in total. The van der Waals surface area contributed by atoms with Gasteiger partial charge in [0.2, 0.25) is 5.91 Å². The maximum absolute atomic E-state index is 12.0. The summed E-state index contributed by atoms with van der Waals surface area (Å²) in [4.78, 5) is 35.4. The van der Waals surface area contributed by atoms with Crippen molar-refractivity contribution in [1.82, 2.24) is 10.2 Å². The van der Waals surface area contributed by atoms with Gasteiger partial charge in [-0.15, -0.1) is 0 Å². The van der Waals surface area contributed by atoms with Gasteiger partial charge in [0, 0.05) is 19.0 Å². The summed E-state index contributed by atoms with van der Waals surface area (Å²) in [7, 11) is 0. The number of primary amides is 1. The number of carbonyl (C=O) groups is 3. The van der Waals surface area contributed by atoms with Gasteiger partial charge in [-0.3, -0.25) is 4.79 Å². The lowest BCUT2D eigenvalue weighted by Crippen LogP contribution is -2.49. The molecule has 1 heterocycles. The second-order valence-corrected chi connectivity index (χ2v) is 4.74. The molecule has 1 saturated heterocycles. The quantitative estimate of drug-likeness (QED) is 0.644. The number of carbonyl (C=O) groups excluding carboxylic acids is 2. The first kappa shape index (κ1) is 15.3. The fourth-order valence-electron chi connectivity index (χ4n) is 2.30. The van der Waals surface area contributed by atoms with E-state index in [4.69, 9.17) is 10.8 Å². The summed E-state index contributed by atoms with van der Waals surface area (Å²) in [6.07, 6.45) is 2.69. The van der Waals surface area contributed by atoms with Crippen LogP contribution in [0.3, 0.4) is 0 Å². The zero-order valence-corrected chi connectivity index (χ0v) is 11.1. The van der Waals surface area contributed by atoms with Gasteiger partial charge in [-0.1, -0.05) is 6.92 Å². The number of nitrogens with zero attached hydrogens (tertiary/aromatic N) is 1. The summed E-state index contributed by atoms with van der Waals surface area (Å²) in [6.45, 7) is 2.64. The van der Waals surface area contributed by atoms with Crippen molar-refractivity contribution in [2.75, 3.05) is 6.54 Å². The number of urea groups is 1. The second-order valence-electron chi connectivity index (χ2n) is 4.74. The van der Waals surface area contributed by atoms with Crippen LogP contribution in [-0.4, -0.2) is 46.5 Å². The molecule has 1 rings (SSSR count). The van der Waals surface area contributed by atoms with Crippen LogP contribution in [0.2, 0.25) is 0 Å². The molecule has 4 N–H and O–H groups in total. The van der Waals surface area contributed by atoms with E-state index in [1.54, 1.807) is 4.90 Å². The minimum atomic E-state index is -1.15. The highest BCUT2D eigenvalue weighted by Crippen LogP contribution is 2.19. The van der Waals surface area contributed by atoms with Gasteiger partial charge in [-0.2, -0.15) is 0 Å². The fraction of sp³-hybridized carbons (Fsp3) is 0.750. The van der Waals surface area contributed by atoms with Gasteiger partial charge in [0.05, 0.1) is 0 Å². The van der Waals surface area contributed by atoms with E-state index < -0.39 is 17.9 Å². The summed E-state index contributed by atoms with van der Waals surface area (Å²) < 4.78 is 0. The van der Waals surface area contributed by atoms with Crippen molar-refractivity contribution in [2.45, 2.75) is 51.1 Å². The Kier molecular flexibility index (Phi) is 5.59. The van der Waals surface area contributed by atoms with E-state index in [-0.39, 0.29) is 24.9 Å². The molecule has 3 amide bonds. The van der Waals surface area contributed by atoms with E-state index in [0.29, 0.717) is 6.54 Å². The lowest BCUT2D eigenvalue weighted by molar-refractivity contribution is -0.139. The van der Waals surface area contributed by atoms with Gasteiger partial charge in [0.15, 0.2) is 0 Å². The average molecular weight is 271 g/mol. The lowest BCUT2D eigenvalue weighted by atomic mass is 10.1. The number of rotatable bonds is 6. The van der Waals surface area contributed by atoms with Gasteiger partial charge in [0.25, 0.3) is 0 Å². The third-order valence-corrected chi connectivity index (χ3v) is 3.38. The highest BCUT2D eigenvalue weighted by Gasteiger charge is 2.30. The minimum Gasteiger partial charge on any atom is -0.480 e. The van der Waals surface area contributed by atoms with Crippen LogP contribution in [0, 0.1) is 0 Å². The van der Waals surface area contributed by atoms with Crippen molar-refractivity contribution in [2.24, 2.45) is 5.73 Å². The summed E-state index contributed by atoms with van der Waals surface area (Å²) in [5.74, 6) is -1.73. The zero-order valence-electron chi connectivity index (χ0n) is 11.1. The molecule has 7 heteroatoms. The number of amides is 3. The maximum Gasteiger partial charge on any atom is 0.326 e. The number of hydrogen-bond donors (Lipinski definition) is 3. The molecule has 0 aromatic rings. The first-order valence-corrected chi connectivity index (χ1v) is 6.54. The number of carboxylic acid groups (broad SMARTS) is 1. The molecule has 1 fully saturated rings. The Balaban J connectivity index is 2.55. The molecule has 0 radical (unpaired) electrons. The molecular formula is C12H21N3O4. The normalized spacial score (nSPS) is 20.1. The Hall–Kier alpha value is -1.79. The van der Waals surface area contributed by atoms with Crippen molar-refractivity contribution >= 4 is 17.9 Å². The predicted octanol–water partition coefficient (Wildman–Crippen LogP) is 0.289. The van der Waals surface area contributed by atoms with E-state index in [9.17, 15) is 14.4 Å². The number of likely N-dealkylation sites (tertiary alicyclic amines) is 1. The van der Waals surface area contributed by atoms with E-state index in [1.807, 2.05) is 6.92 Å². The van der Waals surface area contributed by atoms with Crippen LogP contribution in [0.5, 0.6) is 0 Å². The highest BCUT2D eigenvalue weighted by molar-refractivity contribution is 5.83. The third kappa shape index (κ3) is 4.42. The molecule has 2 atom stereocenters. The van der Waals surface area contributed by atoms with Gasteiger partial charge < -0.3 is 21.1 Å². The Bertz CT molecular complexity index is 359. The molecule has 1 aliphatic rings. The number of carboxylic acids is 1. The summed E-state index contributed by atoms with van der Waals surface area (Å²) in [5.41, 5.74) is 4.98. The van der Waals surface area contributed by atoms with Crippen LogP contribution in [-0.2, 0) is 9.59 Å². The summed E-state index contributed by atoms with van der Waals surface area (Å²) in [6, 6.07) is -1.27. The van der Waals surface area contributed by atoms with Crippen molar-refractivity contribution < 1.29 is 19.5 Å². The van der Waals surface area contributed by atoms with E-state index in [2.05, 4.69) is 5.32 Å². The van der Waals surface area contributed by atoms with E-state index in [0.717, 1.165) is 19.3 Å². The molecule has 1 aliphatic heterocycles. The van der Waals surface area contributed by atoms with Crippen LogP contribution < -0.4 is 11.1 Å². The monoisotopic (exact) mass is 271 g/mol. The van der Waals surface area contributed by atoms with Crippen LogP contribution in [0.4, 0.5) is 4.79 Å². The standard InChI is InChI=1S/C12H21N3O4/c1-2-8-4-3-7-15(8)12(19)14-9(11(17)18)5-6-10(13)16/h8-9H,2-7H2,1H3,(H2,13,16)(H,14,19)(H,17,18). The zero-order chi connectivity index (χ0) is 14.4. The maximum atomic E-state index is 12.0. The average Bonchev–Trinajstić information content (AvgIpc) is 2.81. The molecule has 19 heavy (non-hydrogen) atoms. The largest absolute Gasteiger partial charge is 0.480 e. The number of nitrogens with two attached hydrogens (primary N) is 1. The number of aliphatic carboxylic acids is 1. The van der Waals surface area contributed by atoms with Gasteiger partial charge in [0.1, 0.15) is 6.04 Å². The molecule has 0 aromatic carbocycles. The van der Waals surface area contributed by atoms with Crippen LogP contribution in [0.1, 0.15) is 39.0 Å². The summed E-state index contributed by atoms with van der Waals surface area (Å²) >= 11 is 0. The topological polar surface area (TPSA) is 113 Å². The van der Waals surface area contributed by atoms with Crippen LogP contribution >= 0.6 is 0 Å². The summed E-state index contributed by atoms with van der Waals surface area (Å²) in [5, 5.41) is 11.5. The van der Waals surface area contributed by atoms with Crippen molar-refractivity contribution in [1.29, 1.82) is 0 Å². The van der Waals surface area contributed by atoms with E-state index >= 15 is 0 Å². The van der Waals surface area contributed by atoms with Gasteiger partial charge in [-0.05, 0) is 25.7 Å². The smallest absolute Gasteiger partial charge is 0.326 e. The lowest BCUT2D eigenvalue weighted by Gasteiger charge is -2.25. The Morgan fingerprint density at radius 2 is 2.16 bits per heavy atom. The molecule has 108 valence electrons. The first-order chi connectivity index (χ1) is 8.95.